The highest BCUT2D eigenvalue weighted by Crippen LogP contribution is 2.37. The Morgan fingerprint density at radius 3 is 2.74 bits per heavy atom. The predicted molar refractivity (Wildman–Crippen MR) is 84.3 cm³/mol. The highest BCUT2D eigenvalue weighted by molar-refractivity contribution is 5.87. The van der Waals surface area contributed by atoms with Crippen molar-refractivity contribution in [2.45, 2.75) is 25.6 Å². The van der Waals surface area contributed by atoms with Crippen LogP contribution < -0.4 is 0 Å². The van der Waals surface area contributed by atoms with Crippen molar-refractivity contribution in [3.63, 3.8) is 0 Å². The second kappa shape index (κ2) is 5.08. The lowest BCUT2D eigenvalue weighted by molar-refractivity contribution is -0.134. The molecule has 6 nitrogen and oxygen atoms in total. The number of rotatable bonds is 3. The van der Waals surface area contributed by atoms with Crippen molar-refractivity contribution in [3.05, 3.63) is 65.4 Å². The number of carboxylic acid groups (broad SMARTS) is 1. The summed E-state index contributed by atoms with van der Waals surface area (Å²) in [5.74, 6) is 0.657. The minimum Gasteiger partial charge on any atom is -0.477 e. The van der Waals surface area contributed by atoms with Crippen LogP contribution in [0.25, 0.3) is 6.08 Å². The number of nitrogens with zero attached hydrogens (tertiary/aromatic N) is 4. The highest BCUT2D eigenvalue weighted by atomic mass is 16.4. The van der Waals surface area contributed by atoms with Crippen molar-refractivity contribution in [3.8, 4) is 0 Å². The molecule has 3 heterocycles. The molecule has 1 N–H and O–H groups in total. The van der Waals surface area contributed by atoms with E-state index < -0.39 is 5.97 Å². The smallest absolute Gasteiger partial charge is 0.351 e. The number of hydrogen-bond donors (Lipinski definition) is 1. The summed E-state index contributed by atoms with van der Waals surface area (Å²) in [6.45, 7) is 2.45. The minimum atomic E-state index is -0.906. The lowest BCUT2D eigenvalue weighted by Crippen LogP contribution is -2.36. The summed E-state index contributed by atoms with van der Waals surface area (Å²) in [6.07, 6.45) is 5.74. The first-order chi connectivity index (χ1) is 11.1. The fraction of sp³-hybridized carbons (Fsp3) is 0.235. The molecule has 0 spiro atoms. The monoisotopic (exact) mass is 308 g/mol. The second-order valence-corrected chi connectivity index (χ2v) is 5.79. The zero-order valence-electron chi connectivity index (χ0n) is 12.6. The SMILES string of the molecule is Cc1nnc2n1C1C=C(C(=O)O)N(Cc3ccccc3)C1C=C2. The Morgan fingerprint density at radius 2 is 2.00 bits per heavy atom. The Balaban J connectivity index is 1.74. The molecule has 1 aromatic heterocycles. The summed E-state index contributed by atoms with van der Waals surface area (Å²) in [4.78, 5) is 13.6. The van der Waals surface area contributed by atoms with Gasteiger partial charge < -0.3 is 14.6 Å². The molecule has 2 aliphatic heterocycles. The predicted octanol–water partition coefficient (Wildman–Crippen LogP) is 2.01. The zero-order valence-corrected chi connectivity index (χ0v) is 12.6. The highest BCUT2D eigenvalue weighted by Gasteiger charge is 2.40. The second-order valence-electron chi connectivity index (χ2n) is 5.79. The third-order valence-corrected chi connectivity index (χ3v) is 4.40. The van der Waals surface area contributed by atoms with Gasteiger partial charge in [-0.3, -0.25) is 0 Å². The molecule has 0 bridgehead atoms. The van der Waals surface area contributed by atoms with Gasteiger partial charge in [-0.15, -0.1) is 10.2 Å². The van der Waals surface area contributed by atoms with E-state index in [2.05, 4.69) is 10.2 Å². The van der Waals surface area contributed by atoms with Crippen LogP contribution in [0, 0.1) is 6.92 Å². The molecular formula is C17H16N4O2. The number of carbonyl (C=O) groups is 1. The molecule has 4 rings (SSSR count). The molecule has 2 aliphatic rings. The van der Waals surface area contributed by atoms with Gasteiger partial charge in [-0.1, -0.05) is 36.4 Å². The van der Waals surface area contributed by atoms with E-state index in [-0.39, 0.29) is 12.1 Å². The van der Waals surface area contributed by atoms with Gasteiger partial charge in [0.2, 0.25) is 0 Å². The standard InChI is InChI=1S/C17H16N4O2/c1-11-18-19-16-8-7-13-14(21(11)16)9-15(17(22)23)20(13)10-12-5-3-2-4-6-12/h2-9,13-14H,10H2,1H3,(H,22,23). The number of carboxylic acids is 1. The molecule has 0 aliphatic carbocycles. The number of aliphatic carboxylic acids is 1. The molecule has 1 aromatic carbocycles. The van der Waals surface area contributed by atoms with Crippen LogP contribution in [-0.4, -0.2) is 36.8 Å². The third-order valence-electron chi connectivity index (χ3n) is 4.40. The van der Waals surface area contributed by atoms with E-state index in [1.54, 1.807) is 6.08 Å². The Hall–Kier alpha value is -2.89. The Labute approximate surface area is 133 Å². The lowest BCUT2D eigenvalue weighted by atomic mass is 10.1. The van der Waals surface area contributed by atoms with Crippen LogP contribution in [0.3, 0.4) is 0 Å². The van der Waals surface area contributed by atoms with Crippen molar-refractivity contribution in [1.82, 2.24) is 19.7 Å². The molecule has 23 heavy (non-hydrogen) atoms. The molecule has 0 saturated heterocycles. The molecule has 0 saturated carbocycles. The van der Waals surface area contributed by atoms with Crippen LogP contribution in [0.2, 0.25) is 0 Å². The fourth-order valence-electron chi connectivity index (χ4n) is 3.36. The third kappa shape index (κ3) is 2.14. The first-order valence-corrected chi connectivity index (χ1v) is 7.50. The molecule has 0 amide bonds. The fourth-order valence-corrected chi connectivity index (χ4v) is 3.36. The van der Waals surface area contributed by atoms with Crippen molar-refractivity contribution < 1.29 is 9.90 Å². The van der Waals surface area contributed by atoms with Gasteiger partial charge in [0.1, 0.15) is 11.5 Å². The van der Waals surface area contributed by atoms with Gasteiger partial charge in [-0.25, -0.2) is 4.79 Å². The van der Waals surface area contributed by atoms with E-state index in [0.717, 1.165) is 17.2 Å². The summed E-state index contributed by atoms with van der Waals surface area (Å²) >= 11 is 0. The van der Waals surface area contributed by atoms with Crippen molar-refractivity contribution in [2.75, 3.05) is 0 Å². The van der Waals surface area contributed by atoms with Crippen LogP contribution >= 0.6 is 0 Å². The molecule has 6 heteroatoms. The molecule has 0 radical (unpaired) electrons. The molecule has 2 unspecified atom stereocenters. The largest absolute Gasteiger partial charge is 0.477 e. The van der Waals surface area contributed by atoms with Crippen molar-refractivity contribution >= 4 is 12.0 Å². The van der Waals surface area contributed by atoms with Crippen molar-refractivity contribution in [2.24, 2.45) is 0 Å². The van der Waals surface area contributed by atoms with Crippen LogP contribution in [0.1, 0.15) is 23.3 Å². The average Bonchev–Trinajstić information content (AvgIpc) is 3.10. The average molecular weight is 308 g/mol. The summed E-state index contributed by atoms with van der Waals surface area (Å²) < 4.78 is 2.00. The molecule has 2 aromatic rings. The lowest BCUT2D eigenvalue weighted by Gasteiger charge is -2.32. The van der Waals surface area contributed by atoms with Gasteiger partial charge in [-0.05, 0) is 24.6 Å². The molecule has 2 atom stereocenters. The van der Waals surface area contributed by atoms with E-state index in [9.17, 15) is 9.90 Å². The number of fused-ring (bicyclic) bond motifs is 3. The Morgan fingerprint density at radius 1 is 1.22 bits per heavy atom. The van der Waals surface area contributed by atoms with E-state index in [0.29, 0.717) is 12.2 Å². The Kier molecular flexibility index (Phi) is 3.04. The van der Waals surface area contributed by atoms with E-state index in [1.165, 1.54) is 0 Å². The normalized spacial score (nSPS) is 21.8. The van der Waals surface area contributed by atoms with E-state index in [1.807, 2.05) is 58.9 Å². The quantitative estimate of drug-likeness (QED) is 0.939. The van der Waals surface area contributed by atoms with Gasteiger partial charge in [0.15, 0.2) is 5.82 Å². The van der Waals surface area contributed by atoms with E-state index >= 15 is 0 Å². The van der Waals surface area contributed by atoms with Gasteiger partial charge in [0.25, 0.3) is 0 Å². The first-order valence-electron chi connectivity index (χ1n) is 7.50. The minimum absolute atomic E-state index is 0.0384. The molecule has 0 fully saturated rings. The number of hydrogen-bond acceptors (Lipinski definition) is 4. The van der Waals surface area contributed by atoms with Gasteiger partial charge in [0, 0.05) is 6.54 Å². The van der Waals surface area contributed by atoms with Crippen LogP contribution in [-0.2, 0) is 11.3 Å². The first kappa shape index (κ1) is 13.8. The van der Waals surface area contributed by atoms with Crippen molar-refractivity contribution in [1.29, 1.82) is 0 Å². The van der Waals surface area contributed by atoms with Gasteiger partial charge in [-0.2, -0.15) is 0 Å². The van der Waals surface area contributed by atoms with Crippen LogP contribution in [0.15, 0.2) is 48.2 Å². The summed E-state index contributed by atoms with van der Waals surface area (Å²) in [6, 6.07) is 9.78. The summed E-state index contributed by atoms with van der Waals surface area (Å²) in [5.41, 5.74) is 1.41. The zero-order chi connectivity index (χ0) is 16.0. The van der Waals surface area contributed by atoms with Crippen LogP contribution in [0.4, 0.5) is 0 Å². The maximum absolute atomic E-state index is 11.7. The maximum Gasteiger partial charge on any atom is 0.351 e. The topological polar surface area (TPSA) is 71.2 Å². The molecule has 116 valence electrons. The van der Waals surface area contributed by atoms with Gasteiger partial charge in [0.05, 0.1) is 12.1 Å². The molecular weight excluding hydrogens is 292 g/mol. The number of aryl methyl sites for hydroxylation is 1. The maximum atomic E-state index is 11.7. The summed E-state index contributed by atoms with van der Waals surface area (Å²) in [5, 5.41) is 17.8. The number of benzene rings is 1. The number of aromatic nitrogens is 3. The van der Waals surface area contributed by atoms with Gasteiger partial charge >= 0.3 is 5.97 Å². The van der Waals surface area contributed by atoms with Crippen LogP contribution in [0.5, 0.6) is 0 Å². The van der Waals surface area contributed by atoms with E-state index in [4.69, 9.17) is 0 Å². The summed E-state index contributed by atoms with van der Waals surface area (Å²) in [7, 11) is 0. The Bertz CT molecular complexity index is 822.